The highest BCUT2D eigenvalue weighted by molar-refractivity contribution is 7.90. The van der Waals surface area contributed by atoms with Crippen molar-refractivity contribution in [2.24, 2.45) is 0 Å². The highest BCUT2D eigenvalue weighted by Crippen LogP contribution is 2.21. The Hall–Kier alpha value is -2.97. The average Bonchev–Trinajstić information content (AvgIpc) is 3.45. The molecule has 1 saturated heterocycles. The topological polar surface area (TPSA) is 81.5 Å². The summed E-state index contributed by atoms with van der Waals surface area (Å²) in [6.07, 6.45) is 3.50. The molecule has 0 aliphatic carbocycles. The summed E-state index contributed by atoms with van der Waals surface area (Å²) >= 11 is 0. The zero-order valence-electron chi connectivity index (χ0n) is 18.8. The maximum Gasteiger partial charge on any atom is 0.228 e. The van der Waals surface area contributed by atoms with E-state index in [2.05, 4.69) is 4.98 Å². The maximum atomic E-state index is 13.3. The van der Waals surface area contributed by atoms with E-state index in [9.17, 15) is 13.2 Å². The molecule has 1 aliphatic rings. The third kappa shape index (κ3) is 5.89. The Morgan fingerprint density at radius 2 is 1.76 bits per heavy atom. The minimum atomic E-state index is -3.70. The molecule has 2 aromatic carbocycles. The van der Waals surface area contributed by atoms with Gasteiger partial charge in [0.2, 0.25) is 20.9 Å². The number of amides is 1. The van der Waals surface area contributed by atoms with Gasteiger partial charge in [-0.3, -0.25) is 4.79 Å². The highest BCUT2D eigenvalue weighted by Gasteiger charge is 2.27. The molecule has 3 aromatic rings. The number of ether oxygens (including phenoxy) is 1. The van der Waals surface area contributed by atoms with Gasteiger partial charge in [-0.15, -0.1) is 0 Å². The number of benzene rings is 2. The lowest BCUT2D eigenvalue weighted by Crippen LogP contribution is -2.36. The predicted octanol–water partition coefficient (Wildman–Crippen LogP) is 3.43. The van der Waals surface area contributed by atoms with Crippen LogP contribution in [-0.2, 0) is 38.2 Å². The standard InChI is InChI=1S/C25H29N3O4S/c1-20(29)27(18-24-13-8-14-32-24)17-23-15-26-25(28(23)16-21-9-4-2-5-10-21)33(30,31)19-22-11-6-3-7-12-22/h2-7,9-12,15,24H,8,13-14,16-19H2,1H3/t24-/m0/s1. The molecule has 1 fully saturated rings. The second-order valence-electron chi connectivity index (χ2n) is 8.38. The van der Waals surface area contributed by atoms with Gasteiger partial charge in [0.25, 0.3) is 0 Å². The van der Waals surface area contributed by atoms with E-state index >= 15 is 0 Å². The monoisotopic (exact) mass is 467 g/mol. The summed E-state index contributed by atoms with van der Waals surface area (Å²) in [5.41, 5.74) is 2.34. The molecule has 1 atom stereocenters. The first kappa shape index (κ1) is 23.2. The fraction of sp³-hybridized carbons (Fsp3) is 0.360. The summed E-state index contributed by atoms with van der Waals surface area (Å²) in [6, 6.07) is 18.8. The Labute approximate surface area is 194 Å². The van der Waals surface area contributed by atoms with Crippen LogP contribution < -0.4 is 0 Å². The van der Waals surface area contributed by atoms with Crippen LogP contribution in [0.2, 0.25) is 0 Å². The third-order valence-corrected chi connectivity index (χ3v) is 7.40. The van der Waals surface area contributed by atoms with Crippen molar-refractivity contribution in [3.05, 3.63) is 83.7 Å². The SMILES string of the molecule is CC(=O)N(Cc1cnc(S(=O)(=O)Cc2ccccc2)n1Cc1ccccc1)C[C@@H]1CCCO1. The van der Waals surface area contributed by atoms with Crippen molar-refractivity contribution >= 4 is 15.7 Å². The maximum absolute atomic E-state index is 13.3. The van der Waals surface area contributed by atoms with Crippen LogP contribution in [0.3, 0.4) is 0 Å². The van der Waals surface area contributed by atoms with Crippen LogP contribution in [0.4, 0.5) is 0 Å². The predicted molar refractivity (Wildman–Crippen MR) is 125 cm³/mol. The molecule has 0 radical (unpaired) electrons. The summed E-state index contributed by atoms with van der Waals surface area (Å²) in [4.78, 5) is 18.4. The van der Waals surface area contributed by atoms with Crippen LogP contribution in [-0.4, -0.2) is 48.0 Å². The molecule has 0 unspecified atom stereocenters. The van der Waals surface area contributed by atoms with Crippen LogP contribution in [0.15, 0.2) is 72.0 Å². The Balaban J connectivity index is 1.66. The largest absolute Gasteiger partial charge is 0.376 e. The van der Waals surface area contributed by atoms with Gasteiger partial charge >= 0.3 is 0 Å². The first-order valence-corrected chi connectivity index (χ1v) is 12.8. The van der Waals surface area contributed by atoms with Gasteiger partial charge in [0.05, 0.1) is 36.8 Å². The third-order valence-electron chi connectivity index (χ3n) is 5.81. The van der Waals surface area contributed by atoms with Gasteiger partial charge in [0, 0.05) is 20.1 Å². The normalized spacial score (nSPS) is 16.1. The summed E-state index contributed by atoms with van der Waals surface area (Å²) in [5, 5.41) is 0.0193. The minimum Gasteiger partial charge on any atom is -0.376 e. The van der Waals surface area contributed by atoms with Gasteiger partial charge in [0.15, 0.2) is 0 Å². The van der Waals surface area contributed by atoms with Crippen molar-refractivity contribution in [2.45, 2.75) is 49.9 Å². The van der Waals surface area contributed by atoms with Crippen LogP contribution >= 0.6 is 0 Å². The smallest absolute Gasteiger partial charge is 0.228 e. The van der Waals surface area contributed by atoms with Gasteiger partial charge in [-0.2, -0.15) is 0 Å². The molecule has 0 bridgehead atoms. The molecular weight excluding hydrogens is 438 g/mol. The molecule has 2 heterocycles. The molecule has 1 aromatic heterocycles. The number of hydrogen-bond donors (Lipinski definition) is 0. The van der Waals surface area contributed by atoms with Crippen molar-refractivity contribution in [3.8, 4) is 0 Å². The summed E-state index contributed by atoms with van der Waals surface area (Å²) < 4.78 is 34.1. The zero-order valence-corrected chi connectivity index (χ0v) is 19.6. The fourth-order valence-corrected chi connectivity index (χ4v) is 5.59. The number of imidazole rings is 1. The van der Waals surface area contributed by atoms with Crippen molar-refractivity contribution in [2.75, 3.05) is 13.2 Å². The molecule has 0 saturated carbocycles. The molecule has 174 valence electrons. The number of hydrogen-bond acceptors (Lipinski definition) is 5. The molecule has 1 aliphatic heterocycles. The number of sulfone groups is 1. The molecule has 7 nitrogen and oxygen atoms in total. The van der Waals surface area contributed by atoms with E-state index < -0.39 is 9.84 Å². The molecule has 0 spiro atoms. The molecule has 33 heavy (non-hydrogen) atoms. The van der Waals surface area contributed by atoms with Gasteiger partial charge in [-0.25, -0.2) is 13.4 Å². The highest BCUT2D eigenvalue weighted by atomic mass is 32.2. The van der Waals surface area contributed by atoms with E-state index in [1.54, 1.807) is 27.8 Å². The van der Waals surface area contributed by atoms with Crippen molar-refractivity contribution < 1.29 is 17.9 Å². The van der Waals surface area contributed by atoms with E-state index in [0.717, 1.165) is 18.4 Å². The van der Waals surface area contributed by atoms with Crippen molar-refractivity contribution in [1.29, 1.82) is 0 Å². The van der Waals surface area contributed by atoms with Gasteiger partial charge in [-0.1, -0.05) is 60.7 Å². The molecule has 0 N–H and O–H groups in total. The van der Waals surface area contributed by atoms with E-state index in [1.165, 1.54) is 6.92 Å². The lowest BCUT2D eigenvalue weighted by atomic mass is 10.2. The van der Waals surface area contributed by atoms with E-state index in [0.29, 0.717) is 31.0 Å². The van der Waals surface area contributed by atoms with Gasteiger partial charge in [-0.05, 0) is 24.0 Å². The van der Waals surface area contributed by atoms with Gasteiger partial charge in [0.1, 0.15) is 0 Å². The van der Waals surface area contributed by atoms with Crippen LogP contribution in [0.5, 0.6) is 0 Å². The number of carbonyl (C=O) groups is 1. The minimum absolute atomic E-state index is 0.0145. The van der Waals surface area contributed by atoms with Crippen LogP contribution in [0, 0.1) is 0 Å². The van der Waals surface area contributed by atoms with E-state index in [-0.39, 0.29) is 29.5 Å². The second kappa shape index (κ2) is 10.3. The Morgan fingerprint density at radius 1 is 1.09 bits per heavy atom. The zero-order chi connectivity index (χ0) is 23.3. The lowest BCUT2D eigenvalue weighted by Gasteiger charge is -2.25. The Morgan fingerprint density at radius 3 is 2.36 bits per heavy atom. The van der Waals surface area contributed by atoms with E-state index in [1.807, 2.05) is 48.5 Å². The Kier molecular flexibility index (Phi) is 7.25. The Bertz CT molecular complexity index is 1170. The van der Waals surface area contributed by atoms with Crippen LogP contribution in [0.25, 0.3) is 0 Å². The van der Waals surface area contributed by atoms with E-state index in [4.69, 9.17) is 4.74 Å². The average molecular weight is 468 g/mol. The first-order valence-electron chi connectivity index (χ1n) is 11.1. The quantitative estimate of drug-likeness (QED) is 0.482. The number of carbonyl (C=O) groups excluding carboxylic acids is 1. The molecule has 1 amide bonds. The molecule has 4 rings (SSSR count). The molecule has 8 heteroatoms. The van der Waals surface area contributed by atoms with Gasteiger partial charge < -0.3 is 14.2 Å². The number of nitrogens with zero attached hydrogens (tertiary/aromatic N) is 3. The number of aromatic nitrogens is 2. The first-order chi connectivity index (χ1) is 15.9. The molecular formula is C25H29N3O4S. The fourth-order valence-electron chi connectivity index (χ4n) is 4.09. The summed E-state index contributed by atoms with van der Waals surface area (Å²) in [6.45, 7) is 3.35. The van der Waals surface area contributed by atoms with Crippen LogP contribution in [0.1, 0.15) is 36.6 Å². The van der Waals surface area contributed by atoms with Crippen molar-refractivity contribution in [1.82, 2.24) is 14.5 Å². The summed E-state index contributed by atoms with van der Waals surface area (Å²) in [5.74, 6) is -0.211. The lowest BCUT2D eigenvalue weighted by molar-refractivity contribution is -0.131. The van der Waals surface area contributed by atoms with Crippen molar-refractivity contribution in [3.63, 3.8) is 0 Å². The number of rotatable bonds is 9. The summed E-state index contributed by atoms with van der Waals surface area (Å²) in [7, 11) is -3.70. The second-order valence-corrected chi connectivity index (χ2v) is 10.3.